The van der Waals surface area contributed by atoms with Crippen molar-refractivity contribution in [2.75, 3.05) is 13.1 Å². The fraction of sp³-hybridized carbons (Fsp3) is 0.533. The van der Waals surface area contributed by atoms with Crippen molar-refractivity contribution in [2.45, 2.75) is 37.8 Å². The number of hydrogen-bond acceptors (Lipinski definition) is 3. The zero-order valence-corrected chi connectivity index (χ0v) is 11.4. The average molecular weight is 262 g/mol. The molecule has 0 spiro atoms. The van der Waals surface area contributed by atoms with E-state index >= 15 is 0 Å². The van der Waals surface area contributed by atoms with E-state index < -0.39 is 11.5 Å². The minimum Gasteiger partial charge on any atom is -0.480 e. The normalized spacial score (nSPS) is 25.4. The summed E-state index contributed by atoms with van der Waals surface area (Å²) < 4.78 is 0. The molecule has 19 heavy (non-hydrogen) atoms. The number of rotatable bonds is 5. The minimum absolute atomic E-state index is 0.368. The van der Waals surface area contributed by atoms with Gasteiger partial charge >= 0.3 is 5.97 Å². The molecular formula is C15H22N2O2. The van der Waals surface area contributed by atoms with Crippen LogP contribution in [0.3, 0.4) is 0 Å². The van der Waals surface area contributed by atoms with Crippen LogP contribution in [0.4, 0.5) is 0 Å². The molecule has 0 radical (unpaired) electrons. The van der Waals surface area contributed by atoms with Gasteiger partial charge in [0.25, 0.3) is 0 Å². The Bertz CT molecular complexity index is 435. The standard InChI is InChI=1S/C15H22N2O2/c1-2-13(10-12-6-4-3-5-7-12)17-9-8-15(16,11-17)14(18)19/h3-7,13H,2,8-11,16H2,1H3,(H,18,19). The van der Waals surface area contributed by atoms with E-state index in [4.69, 9.17) is 5.73 Å². The third-order valence-electron chi connectivity index (χ3n) is 4.06. The van der Waals surface area contributed by atoms with Crippen molar-refractivity contribution in [3.05, 3.63) is 35.9 Å². The van der Waals surface area contributed by atoms with Crippen molar-refractivity contribution in [1.82, 2.24) is 4.90 Å². The van der Waals surface area contributed by atoms with Crippen LogP contribution in [-0.2, 0) is 11.2 Å². The molecule has 4 nitrogen and oxygen atoms in total. The van der Waals surface area contributed by atoms with Gasteiger partial charge in [0.15, 0.2) is 0 Å². The molecule has 104 valence electrons. The lowest BCUT2D eigenvalue weighted by molar-refractivity contribution is -0.142. The molecule has 1 aliphatic rings. The summed E-state index contributed by atoms with van der Waals surface area (Å²) in [6.45, 7) is 3.37. The van der Waals surface area contributed by atoms with Crippen LogP contribution in [-0.4, -0.2) is 40.6 Å². The third kappa shape index (κ3) is 3.14. The van der Waals surface area contributed by atoms with E-state index in [1.807, 2.05) is 18.2 Å². The van der Waals surface area contributed by atoms with Crippen LogP contribution in [0.1, 0.15) is 25.3 Å². The zero-order chi connectivity index (χ0) is 13.9. The largest absolute Gasteiger partial charge is 0.480 e. The van der Waals surface area contributed by atoms with Crippen LogP contribution < -0.4 is 5.73 Å². The summed E-state index contributed by atoms with van der Waals surface area (Å²) in [7, 11) is 0. The lowest BCUT2D eigenvalue weighted by Crippen LogP contribution is -2.51. The first-order chi connectivity index (χ1) is 9.05. The Kier molecular flexibility index (Phi) is 4.22. The first kappa shape index (κ1) is 14.0. The van der Waals surface area contributed by atoms with Crippen molar-refractivity contribution in [2.24, 2.45) is 5.73 Å². The highest BCUT2D eigenvalue weighted by atomic mass is 16.4. The van der Waals surface area contributed by atoms with Crippen molar-refractivity contribution < 1.29 is 9.90 Å². The fourth-order valence-electron chi connectivity index (χ4n) is 2.77. The van der Waals surface area contributed by atoms with Crippen molar-refractivity contribution in [3.63, 3.8) is 0 Å². The number of carboxylic acid groups (broad SMARTS) is 1. The Morgan fingerprint density at radius 1 is 1.47 bits per heavy atom. The summed E-state index contributed by atoms with van der Waals surface area (Å²) in [5.41, 5.74) is 6.16. The quantitative estimate of drug-likeness (QED) is 0.844. The van der Waals surface area contributed by atoms with E-state index in [-0.39, 0.29) is 0 Å². The highest BCUT2D eigenvalue weighted by Gasteiger charge is 2.42. The van der Waals surface area contributed by atoms with Gasteiger partial charge in [0, 0.05) is 19.1 Å². The number of aliphatic carboxylic acids is 1. The first-order valence-corrected chi connectivity index (χ1v) is 6.85. The van der Waals surface area contributed by atoms with Crippen LogP contribution in [0.2, 0.25) is 0 Å². The topological polar surface area (TPSA) is 66.6 Å². The van der Waals surface area contributed by atoms with Gasteiger partial charge in [-0.15, -0.1) is 0 Å². The molecule has 1 aliphatic heterocycles. The summed E-state index contributed by atoms with van der Waals surface area (Å²) in [6.07, 6.45) is 2.49. The summed E-state index contributed by atoms with van der Waals surface area (Å²) in [5.74, 6) is -0.885. The highest BCUT2D eigenvalue weighted by Crippen LogP contribution is 2.24. The monoisotopic (exact) mass is 262 g/mol. The predicted octanol–water partition coefficient (Wildman–Crippen LogP) is 1.50. The molecule has 2 atom stereocenters. The van der Waals surface area contributed by atoms with Gasteiger partial charge in [-0.2, -0.15) is 0 Å². The summed E-state index contributed by atoms with van der Waals surface area (Å²) in [4.78, 5) is 13.4. The van der Waals surface area contributed by atoms with Gasteiger partial charge in [0.1, 0.15) is 5.54 Å². The predicted molar refractivity (Wildman–Crippen MR) is 75.0 cm³/mol. The molecule has 0 bridgehead atoms. The second-order valence-electron chi connectivity index (χ2n) is 5.43. The number of nitrogens with two attached hydrogens (primary N) is 1. The van der Waals surface area contributed by atoms with Crippen LogP contribution in [0.15, 0.2) is 30.3 Å². The first-order valence-electron chi connectivity index (χ1n) is 6.85. The molecule has 2 rings (SSSR count). The molecule has 4 heteroatoms. The smallest absolute Gasteiger partial charge is 0.325 e. The summed E-state index contributed by atoms with van der Waals surface area (Å²) >= 11 is 0. The molecule has 0 aliphatic carbocycles. The van der Waals surface area contributed by atoms with Gasteiger partial charge < -0.3 is 10.8 Å². The molecule has 1 aromatic rings. The minimum atomic E-state index is -1.07. The average Bonchev–Trinajstić information content (AvgIpc) is 2.81. The lowest BCUT2D eigenvalue weighted by Gasteiger charge is -2.28. The Morgan fingerprint density at radius 2 is 2.16 bits per heavy atom. The van der Waals surface area contributed by atoms with Crippen molar-refractivity contribution in [1.29, 1.82) is 0 Å². The third-order valence-corrected chi connectivity index (χ3v) is 4.06. The number of likely N-dealkylation sites (tertiary alicyclic amines) is 1. The highest BCUT2D eigenvalue weighted by molar-refractivity contribution is 5.79. The number of carboxylic acids is 1. The van der Waals surface area contributed by atoms with Crippen LogP contribution in [0.5, 0.6) is 0 Å². The molecule has 1 aromatic carbocycles. The molecule has 0 amide bonds. The summed E-state index contributed by atoms with van der Waals surface area (Å²) in [5, 5.41) is 9.18. The second-order valence-corrected chi connectivity index (χ2v) is 5.43. The lowest BCUT2D eigenvalue weighted by atomic mass is 10.00. The van der Waals surface area contributed by atoms with E-state index in [2.05, 4.69) is 24.0 Å². The number of nitrogens with zero attached hydrogens (tertiary/aromatic N) is 1. The van der Waals surface area contributed by atoms with Gasteiger partial charge in [0.05, 0.1) is 0 Å². The molecule has 1 fully saturated rings. The molecule has 3 N–H and O–H groups in total. The van der Waals surface area contributed by atoms with Gasteiger partial charge in [0.2, 0.25) is 0 Å². The Hall–Kier alpha value is -1.39. The van der Waals surface area contributed by atoms with E-state index in [0.717, 1.165) is 19.4 Å². The Balaban J connectivity index is 2.02. The summed E-state index contributed by atoms with van der Waals surface area (Å²) in [6, 6.07) is 10.7. The molecule has 1 heterocycles. The Labute approximate surface area is 114 Å². The zero-order valence-electron chi connectivity index (χ0n) is 11.4. The second kappa shape index (κ2) is 5.72. The van der Waals surface area contributed by atoms with Crippen molar-refractivity contribution in [3.8, 4) is 0 Å². The number of benzene rings is 1. The molecule has 0 saturated carbocycles. The maximum atomic E-state index is 11.2. The van der Waals surface area contributed by atoms with E-state index in [0.29, 0.717) is 19.0 Å². The molecule has 0 aromatic heterocycles. The fourth-order valence-corrected chi connectivity index (χ4v) is 2.77. The van der Waals surface area contributed by atoms with Crippen LogP contribution in [0.25, 0.3) is 0 Å². The SMILES string of the molecule is CCC(Cc1ccccc1)N1CCC(N)(C(=O)O)C1. The molecule has 1 saturated heterocycles. The van der Waals surface area contributed by atoms with Gasteiger partial charge in [-0.25, -0.2) is 0 Å². The van der Waals surface area contributed by atoms with E-state index in [9.17, 15) is 9.90 Å². The van der Waals surface area contributed by atoms with Crippen molar-refractivity contribution >= 4 is 5.97 Å². The molecular weight excluding hydrogens is 240 g/mol. The number of carbonyl (C=O) groups is 1. The van der Waals surface area contributed by atoms with Crippen LogP contribution in [0, 0.1) is 0 Å². The Morgan fingerprint density at radius 3 is 2.68 bits per heavy atom. The number of hydrogen-bond donors (Lipinski definition) is 2. The van der Waals surface area contributed by atoms with Gasteiger partial charge in [-0.1, -0.05) is 37.3 Å². The van der Waals surface area contributed by atoms with Gasteiger partial charge in [-0.3, -0.25) is 9.69 Å². The maximum Gasteiger partial charge on any atom is 0.325 e. The van der Waals surface area contributed by atoms with Crippen LogP contribution >= 0.6 is 0 Å². The van der Waals surface area contributed by atoms with E-state index in [1.54, 1.807) is 0 Å². The molecule has 2 unspecified atom stereocenters. The van der Waals surface area contributed by atoms with E-state index in [1.165, 1.54) is 5.56 Å². The maximum absolute atomic E-state index is 11.2. The van der Waals surface area contributed by atoms with Gasteiger partial charge in [-0.05, 0) is 24.8 Å².